The molecule has 0 saturated carbocycles. The molecule has 1 amide bonds. The number of methoxy groups -OCH3 is 1. The van der Waals surface area contributed by atoms with E-state index in [0.717, 1.165) is 0 Å². The molecule has 0 bridgehead atoms. The molecule has 0 aliphatic heterocycles. The third kappa shape index (κ3) is 2.62. The number of imidazole rings is 1. The first-order valence-corrected chi connectivity index (χ1v) is 4.37. The summed E-state index contributed by atoms with van der Waals surface area (Å²) in [4.78, 5) is 25.2. The number of amides is 1. The molecule has 0 unspecified atom stereocenters. The summed E-state index contributed by atoms with van der Waals surface area (Å²) in [7, 11) is 1.23. The lowest BCUT2D eigenvalue weighted by Gasteiger charge is -2.04. The molecule has 0 saturated heterocycles. The summed E-state index contributed by atoms with van der Waals surface area (Å²) in [6.45, 7) is 0.315. The molecule has 16 heavy (non-hydrogen) atoms. The van der Waals surface area contributed by atoms with Gasteiger partial charge in [0.15, 0.2) is 5.69 Å². The fourth-order valence-corrected chi connectivity index (χ4v) is 1.07. The number of hydrogen-bond donors (Lipinski definition) is 2. The summed E-state index contributed by atoms with van der Waals surface area (Å²) in [6.07, 6.45) is 0.484. The number of ether oxygens (including phenoxy) is 2. The van der Waals surface area contributed by atoms with Crippen molar-refractivity contribution in [2.45, 2.75) is 6.54 Å². The van der Waals surface area contributed by atoms with Crippen LogP contribution in [0.1, 0.15) is 10.5 Å². The van der Waals surface area contributed by atoms with Gasteiger partial charge in [0.2, 0.25) is 0 Å². The van der Waals surface area contributed by atoms with Gasteiger partial charge in [-0.25, -0.2) is 14.6 Å². The Morgan fingerprint density at radius 3 is 2.81 bits per heavy atom. The van der Waals surface area contributed by atoms with Crippen molar-refractivity contribution in [3.05, 3.63) is 12.0 Å². The zero-order valence-corrected chi connectivity index (χ0v) is 8.67. The van der Waals surface area contributed by atoms with Crippen molar-refractivity contribution in [1.29, 1.82) is 0 Å². The van der Waals surface area contributed by atoms with Crippen LogP contribution in [0.15, 0.2) is 6.33 Å². The number of carbonyl (C=O) groups excluding carboxylic acids is 2. The SMILES string of the molecule is COC(=O)c1ncn(CCOC(N)=O)c1N. The van der Waals surface area contributed by atoms with E-state index in [9.17, 15) is 9.59 Å². The van der Waals surface area contributed by atoms with Gasteiger partial charge in [-0.1, -0.05) is 0 Å². The molecule has 1 rings (SSSR count). The number of nitrogens with two attached hydrogens (primary N) is 2. The number of hydrogen-bond acceptors (Lipinski definition) is 6. The van der Waals surface area contributed by atoms with Crippen molar-refractivity contribution >= 4 is 17.9 Å². The monoisotopic (exact) mass is 228 g/mol. The second-order valence-corrected chi connectivity index (χ2v) is 2.83. The Labute approximate surface area is 91.1 Å². The average Bonchev–Trinajstić information content (AvgIpc) is 2.59. The van der Waals surface area contributed by atoms with Gasteiger partial charge < -0.3 is 25.5 Å². The topological polar surface area (TPSA) is 122 Å². The van der Waals surface area contributed by atoms with Crippen molar-refractivity contribution in [3.8, 4) is 0 Å². The number of primary amides is 1. The van der Waals surface area contributed by atoms with Gasteiger partial charge in [0.1, 0.15) is 12.4 Å². The van der Waals surface area contributed by atoms with E-state index in [1.54, 1.807) is 0 Å². The summed E-state index contributed by atoms with van der Waals surface area (Å²) in [6, 6.07) is 0. The first-order valence-electron chi connectivity index (χ1n) is 4.37. The van der Waals surface area contributed by atoms with Crippen LogP contribution in [0, 0.1) is 0 Å². The maximum atomic E-state index is 11.1. The molecule has 0 aliphatic rings. The Balaban J connectivity index is 2.65. The summed E-state index contributed by atoms with van der Waals surface area (Å²) in [5, 5.41) is 0. The largest absolute Gasteiger partial charge is 0.464 e. The van der Waals surface area contributed by atoms with Gasteiger partial charge in [0.25, 0.3) is 0 Å². The second kappa shape index (κ2) is 5.01. The number of esters is 1. The smallest absolute Gasteiger partial charge is 0.404 e. The zero-order chi connectivity index (χ0) is 12.1. The fourth-order valence-electron chi connectivity index (χ4n) is 1.07. The first-order chi connectivity index (χ1) is 7.56. The molecule has 4 N–H and O–H groups in total. The minimum absolute atomic E-state index is 0.0292. The summed E-state index contributed by atoms with van der Waals surface area (Å²) in [5.41, 5.74) is 10.4. The van der Waals surface area contributed by atoms with E-state index in [2.05, 4.69) is 14.5 Å². The molecule has 1 aromatic rings. The highest BCUT2D eigenvalue weighted by atomic mass is 16.5. The van der Waals surface area contributed by atoms with Crippen molar-refractivity contribution in [2.75, 3.05) is 19.5 Å². The number of rotatable bonds is 4. The molecule has 0 fully saturated rings. The van der Waals surface area contributed by atoms with Gasteiger partial charge in [-0.3, -0.25) is 0 Å². The van der Waals surface area contributed by atoms with Gasteiger partial charge in [-0.15, -0.1) is 0 Å². The highest BCUT2D eigenvalue weighted by Crippen LogP contribution is 2.10. The van der Waals surface area contributed by atoms with Gasteiger partial charge in [-0.05, 0) is 0 Å². The highest BCUT2D eigenvalue weighted by Gasteiger charge is 2.15. The zero-order valence-electron chi connectivity index (χ0n) is 8.67. The lowest BCUT2D eigenvalue weighted by atomic mass is 10.4. The quantitative estimate of drug-likeness (QED) is 0.660. The van der Waals surface area contributed by atoms with Crippen molar-refractivity contribution in [3.63, 3.8) is 0 Å². The molecule has 8 heteroatoms. The van der Waals surface area contributed by atoms with Crippen LogP contribution in [0.25, 0.3) is 0 Å². The Bertz CT molecular complexity index is 401. The second-order valence-electron chi connectivity index (χ2n) is 2.83. The van der Waals surface area contributed by atoms with Crippen molar-refractivity contribution in [2.24, 2.45) is 5.73 Å². The molecule has 88 valence electrons. The molecule has 0 radical (unpaired) electrons. The molecule has 0 spiro atoms. The standard InChI is InChI=1S/C8H12N4O4/c1-15-7(13)5-6(9)12(4-11-5)2-3-16-8(10)14/h4H,2-3,9H2,1H3,(H2,10,14). The number of aromatic nitrogens is 2. The molecule has 0 aliphatic carbocycles. The Kier molecular flexibility index (Phi) is 3.70. The first kappa shape index (κ1) is 11.8. The number of anilines is 1. The minimum atomic E-state index is -0.869. The van der Waals surface area contributed by atoms with Crippen LogP contribution < -0.4 is 11.5 Å². The molecule has 8 nitrogen and oxygen atoms in total. The van der Waals surface area contributed by atoms with Crippen molar-refractivity contribution < 1.29 is 19.1 Å². The Morgan fingerprint density at radius 1 is 1.56 bits per heavy atom. The van der Waals surface area contributed by atoms with Crippen LogP contribution in [0.2, 0.25) is 0 Å². The van der Waals surface area contributed by atoms with Crippen LogP contribution >= 0.6 is 0 Å². The number of nitrogens with zero attached hydrogens (tertiary/aromatic N) is 2. The number of nitrogen functional groups attached to an aromatic ring is 1. The molecular formula is C8H12N4O4. The van der Waals surface area contributed by atoms with Crippen LogP contribution in [-0.4, -0.2) is 35.3 Å². The van der Waals surface area contributed by atoms with E-state index < -0.39 is 12.1 Å². The average molecular weight is 228 g/mol. The predicted octanol–water partition coefficient (Wildman–Crippen LogP) is -0.653. The lowest BCUT2D eigenvalue weighted by Crippen LogP contribution is -2.17. The molecule has 1 heterocycles. The van der Waals surface area contributed by atoms with E-state index in [1.807, 2.05) is 0 Å². The fraction of sp³-hybridized carbons (Fsp3) is 0.375. The van der Waals surface area contributed by atoms with Crippen LogP contribution in [0.5, 0.6) is 0 Å². The van der Waals surface area contributed by atoms with Crippen LogP contribution in [0.4, 0.5) is 10.6 Å². The summed E-state index contributed by atoms with van der Waals surface area (Å²) >= 11 is 0. The summed E-state index contributed by atoms with van der Waals surface area (Å²) < 4.78 is 10.4. The van der Waals surface area contributed by atoms with E-state index >= 15 is 0 Å². The van der Waals surface area contributed by atoms with E-state index in [1.165, 1.54) is 18.0 Å². The maximum Gasteiger partial charge on any atom is 0.404 e. The predicted molar refractivity (Wildman–Crippen MR) is 53.5 cm³/mol. The van der Waals surface area contributed by atoms with Gasteiger partial charge in [-0.2, -0.15) is 0 Å². The lowest BCUT2D eigenvalue weighted by molar-refractivity contribution is 0.0595. The molecule has 0 aromatic carbocycles. The Hall–Kier alpha value is -2.25. The third-order valence-electron chi connectivity index (χ3n) is 1.83. The van der Waals surface area contributed by atoms with E-state index in [0.29, 0.717) is 0 Å². The maximum absolute atomic E-state index is 11.1. The van der Waals surface area contributed by atoms with E-state index in [-0.39, 0.29) is 24.7 Å². The van der Waals surface area contributed by atoms with Gasteiger partial charge >= 0.3 is 12.1 Å². The van der Waals surface area contributed by atoms with E-state index in [4.69, 9.17) is 11.5 Å². The van der Waals surface area contributed by atoms with Crippen LogP contribution in [-0.2, 0) is 16.0 Å². The minimum Gasteiger partial charge on any atom is -0.464 e. The Morgan fingerprint density at radius 2 is 2.25 bits per heavy atom. The van der Waals surface area contributed by atoms with Gasteiger partial charge in [0, 0.05) is 0 Å². The molecule has 1 aromatic heterocycles. The molecule has 0 atom stereocenters. The summed E-state index contributed by atoms with van der Waals surface area (Å²) in [5.74, 6) is -0.466. The van der Waals surface area contributed by atoms with Gasteiger partial charge in [0.05, 0.1) is 20.0 Å². The normalized spacial score (nSPS) is 9.81. The highest BCUT2D eigenvalue weighted by molar-refractivity contribution is 5.92. The molecular weight excluding hydrogens is 216 g/mol. The third-order valence-corrected chi connectivity index (χ3v) is 1.83. The van der Waals surface area contributed by atoms with Crippen molar-refractivity contribution in [1.82, 2.24) is 9.55 Å². The number of carbonyl (C=O) groups is 2. The van der Waals surface area contributed by atoms with Crippen LogP contribution in [0.3, 0.4) is 0 Å².